The zero-order valence-corrected chi connectivity index (χ0v) is 12.7. The monoisotopic (exact) mass is 317 g/mol. The summed E-state index contributed by atoms with van der Waals surface area (Å²) in [7, 11) is 3.09. The fraction of sp³-hybridized carbons (Fsp3) is 0.235. The lowest BCUT2D eigenvalue weighted by molar-refractivity contribution is -0.125. The molecule has 1 heterocycles. The Morgan fingerprint density at radius 3 is 2.65 bits per heavy atom. The Kier molecular flexibility index (Phi) is 3.92. The number of aliphatic hydroxyl groups is 1. The van der Waals surface area contributed by atoms with Gasteiger partial charge >= 0.3 is 0 Å². The number of ether oxygens (including phenoxy) is 2. The fourth-order valence-electron chi connectivity index (χ4n) is 2.71. The number of methoxy groups -OCH3 is 2. The van der Waals surface area contributed by atoms with Crippen LogP contribution in [0.15, 0.2) is 36.4 Å². The Morgan fingerprint density at radius 2 is 1.96 bits per heavy atom. The summed E-state index contributed by atoms with van der Waals surface area (Å²) in [6.45, 7) is 0.210. The molecular weight excluding hydrogens is 301 g/mol. The van der Waals surface area contributed by atoms with Crippen LogP contribution in [0.5, 0.6) is 11.5 Å². The maximum absolute atomic E-state index is 13.3. The van der Waals surface area contributed by atoms with Crippen molar-refractivity contribution in [2.45, 2.75) is 12.6 Å². The molecule has 0 radical (unpaired) electrons. The molecule has 0 saturated heterocycles. The molecular formula is C17H16FNO4. The van der Waals surface area contributed by atoms with Crippen LogP contribution < -0.4 is 14.4 Å². The van der Waals surface area contributed by atoms with Crippen LogP contribution >= 0.6 is 0 Å². The average molecular weight is 317 g/mol. The van der Waals surface area contributed by atoms with Crippen LogP contribution in [0.3, 0.4) is 0 Å². The second kappa shape index (κ2) is 5.89. The summed E-state index contributed by atoms with van der Waals surface area (Å²) in [6.07, 6.45) is -1.34. The highest BCUT2D eigenvalue weighted by molar-refractivity contribution is 6.03. The topological polar surface area (TPSA) is 59.0 Å². The van der Waals surface area contributed by atoms with Crippen LogP contribution in [0.4, 0.5) is 10.1 Å². The van der Waals surface area contributed by atoms with E-state index in [1.165, 1.54) is 30.2 Å². The van der Waals surface area contributed by atoms with Crippen molar-refractivity contribution in [1.29, 1.82) is 0 Å². The van der Waals surface area contributed by atoms with Gasteiger partial charge in [0, 0.05) is 17.2 Å². The van der Waals surface area contributed by atoms with Gasteiger partial charge in [-0.05, 0) is 30.3 Å². The van der Waals surface area contributed by atoms with E-state index in [0.29, 0.717) is 17.2 Å². The summed E-state index contributed by atoms with van der Waals surface area (Å²) in [5, 5.41) is 10.0. The normalized spacial score (nSPS) is 16.4. The lowest BCUT2D eigenvalue weighted by Crippen LogP contribution is -2.28. The number of anilines is 1. The first-order valence-corrected chi connectivity index (χ1v) is 7.05. The number of amides is 1. The third-order valence-electron chi connectivity index (χ3n) is 3.90. The minimum atomic E-state index is -1.34. The van der Waals surface area contributed by atoms with Gasteiger partial charge in [-0.15, -0.1) is 0 Å². The summed E-state index contributed by atoms with van der Waals surface area (Å²) >= 11 is 0. The van der Waals surface area contributed by atoms with Crippen molar-refractivity contribution in [1.82, 2.24) is 0 Å². The number of nitrogens with zero attached hydrogens (tertiary/aromatic N) is 1. The molecule has 3 rings (SSSR count). The van der Waals surface area contributed by atoms with Gasteiger partial charge in [0.25, 0.3) is 5.91 Å². The summed E-state index contributed by atoms with van der Waals surface area (Å²) in [5.41, 5.74) is 1.54. The Morgan fingerprint density at radius 1 is 1.17 bits per heavy atom. The molecule has 1 aliphatic heterocycles. The molecule has 2 aromatic rings. The first-order valence-electron chi connectivity index (χ1n) is 7.05. The molecule has 23 heavy (non-hydrogen) atoms. The number of fused-ring (bicyclic) bond motifs is 1. The number of carbonyl (C=O) groups excluding carboxylic acids is 1. The van der Waals surface area contributed by atoms with E-state index in [2.05, 4.69) is 0 Å². The van der Waals surface area contributed by atoms with Crippen LogP contribution in [-0.4, -0.2) is 25.2 Å². The number of rotatable bonds is 4. The lowest BCUT2D eigenvalue weighted by atomic mass is 10.1. The molecule has 0 saturated carbocycles. The molecule has 0 spiro atoms. The molecule has 5 nitrogen and oxygen atoms in total. The van der Waals surface area contributed by atoms with Crippen molar-refractivity contribution in [3.05, 3.63) is 53.3 Å². The van der Waals surface area contributed by atoms with Gasteiger partial charge in [0.2, 0.25) is 0 Å². The maximum atomic E-state index is 13.3. The van der Waals surface area contributed by atoms with Gasteiger partial charge in [0.05, 0.1) is 26.5 Å². The third-order valence-corrected chi connectivity index (χ3v) is 3.90. The highest BCUT2D eigenvalue weighted by Gasteiger charge is 2.36. The zero-order valence-electron chi connectivity index (χ0n) is 12.7. The van der Waals surface area contributed by atoms with Crippen LogP contribution in [-0.2, 0) is 11.3 Å². The molecule has 1 amide bonds. The lowest BCUT2D eigenvalue weighted by Gasteiger charge is -2.19. The minimum absolute atomic E-state index is 0.210. The van der Waals surface area contributed by atoms with Crippen molar-refractivity contribution < 1.29 is 23.8 Å². The van der Waals surface area contributed by atoms with E-state index in [-0.39, 0.29) is 12.1 Å². The summed E-state index contributed by atoms with van der Waals surface area (Å²) in [6, 6.07) is 9.22. The van der Waals surface area contributed by atoms with Gasteiger partial charge in [-0.3, -0.25) is 4.79 Å². The highest BCUT2D eigenvalue weighted by atomic mass is 19.1. The van der Waals surface area contributed by atoms with E-state index in [0.717, 1.165) is 5.56 Å². The highest BCUT2D eigenvalue weighted by Crippen LogP contribution is 2.38. The Balaban J connectivity index is 1.97. The number of aliphatic hydroxyl groups excluding tert-OH is 1. The Hall–Kier alpha value is -2.60. The molecule has 120 valence electrons. The molecule has 0 aromatic heterocycles. The van der Waals surface area contributed by atoms with Crippen molar-refractivity contribution in [2.24, 2.45) is 0 Å². The van der Waals surface area contributed by atoms with Crippen molar-refractivity contribution >= 4 is 11.6 Å². The predicted molar refractivity (Wildman–Crippen MR) is 82.1 cm³/mol. The molecule has 1 unspecified atom stereocenters. The number of hydrogen-bond donors (Lipinski definition) is 1. The zero-order chi connectivity index (χ0) is 16.6. The summed E-state index contributed by atoms with van der Waals surface area (Å²) in [4.78, 5) is 13.7. The molecule has 1 aliphatic rings. The molecule has 1 N–H and O–H groups in total. The molecule has 2 aromatic carbocycles. The first-order chi connectivity index (χ1) is 11.0. The van der Waals surface area contributed by atoms with E-state index in [1.54, 1.807) is 25.3 Å². The van der Waals surface area contributed by atoms with Crippen LogP contribution in [0, 0.1) is 5.82 Å². The molecule has 6 heteroatoms. The maximum Gasteiger partial charge on any atom is 0.260 e. The second-order valence-electron chi connectivity index (χ2n) is 5.21. The molecule has 0 aliphatic carbocycles. The van der Waals surface area contributed by atoms with E-state index >= 15 is 0 Å². The number of benzene rings is 2. The molecule has 0 bridgehead atoms. The van der Waals surface area contributed by atoms with Gasteiger partial charge < -0.3 is 19.5 Å². The Bertz CT molecular complexity index is 762. The Labute approximate surface area is 132 Å². The largest absolute Gasteiger partial charge is 0.497 e. The van der Waals surface area contributed by atoms with E-state index < -0.39 is 17.8 Å². The fourth-order valence-corrected chi connectivity index (χ4v) is 2.71. The van der Waals surface area contributed by atoms with E-state index in [9.17, 15) is 14.3 Å². The SMILES string of the molecule is COc1ccc(CN2C(=O)C(O)c3cc(F)ccc32)c(OC)c1. The van der Waals surface area contributed by atoms with Crippen molar-refractivity contribution in [3.8, 4) is 11.5 Å². The smallest absolute Gasteiger partial charge is 0.260 e. The van der Waals surface area contributed by atoms with Crippen LogP contribution in [0.25, 0.3) is 0 Å². The standard InChI is InChI=1S/C17H16FNO4/c1-22-12-5-3-10(15(8-12)23-2)9-19-14-6-4-11(18)7-13(14)16(20)17(19)21/h3-8,16,20H,9H2,1-2H3. The second-order valence-corrected chi connectivity index (χ2v) is 5.21. The van der Waals surface area contributed by atoms with E-state index in [4.69, 9.17) is 9.47 Å². The van der Waals surface area contributed by atoms with Gasteiger partial charge in [0.1, 0.15) is 17.3 Å². The van der Waals surface area contributed by atoms with Gasteiger partial charge in [-0.25, -0.2) is 4.39 Å². The molecule has 1 atom stereocenters. The summed E-state index contributed by atoms with van der Waals surface area (Å²) in [5.74, 6) is 0.242. The van der Waals surface area contributed by atoms with Crippen molar-refractivity contribution in [2.75, 3.05) is 19.1 Å². The number of halogens is 1. The van der Waals surface area contributed by atoms with Gasteiger partial charge in [-0.1, -0.05) is 0 Å². The van der Waals surface area contributed by atoms with Crippen LogP contribution in [0.2, 0.25) is 0 Å². The number of carbonyl (C=O) groups is 1. The van der Waals surface area contributed by atoms with Crippen molar-refractivity contribution in [3.63, 3.8) is 0 Å². The third kappa shape index (κ3) is 2.61. The summed E-state index contributed by atoms with van der Waals surface area (Å²) < 4.78 is 23.8. The first kappa shape index (κ1) is 15.3. The average Bonchev–Trinajstić information content (AvgIpc) is 2.80. The quantitative estimate of drug-likeness (QED) is 0.941. The van der Waals surface area contributed by atoms with Gasteiger partial charge in [-0.2, -0.15) is 0 Å². The predicted octanol–water partition coefficient (Wildman–Crippen LogP) is 2.42. The minimum Gasteiger partial charge on any atom is -0.497 e. The van der Waals surface area contributed by atoms with Crippen LogP contribution in [0.1, 0.15) is 17.2 Å². The van der Waals surface area contributed by atoms with Gasteiger partial charge in [0.15, 0.2) is 6.10 Å². The van der Waals surface area contributed by atoms with E-state index in [1.807, 2.05) is 0 Å². The number of hydrogen-bond acceptors (Lipinski definition) is 4. The molecule has 0 fully saturated rings.